The third kappa shape index (κ3) is 7.41. The number of nitrogens with zero attached hydrogens (tertiary/aromatic N) is 6. The maximum Gasteiger partial charge on any atom is 0.274 e. The standard InChI is InChI=1S/C36H47N7O3S/c1-7-9-17-41(18-10-8-2)36(46)32-19-24(3)43(38-32)33-16-15-29(39-47-34-25(4)37-40(6)26(34)5)21-31(33)35(45)42-22-28-14-12-11-13-27(28)20-30(42)23-44/h11-16,19,21,30,39,44H,7-10,17-18,20,22-23H2,1-6H3. The molecule has 0 saturated heterocycles. The fourth-order valence-corrected chi connectivity index (χ4v) is 6.92. The Morgan fingerprint density at radius 3 is 2.34 bits per heavy atom. The average molecular weight is 658 g/mol. The van der Waals surface area contributed by atoms with Gasteiger partial charge in [0.2, 0.25) is 0 Å². The van der Waals surface area contributed by atoms with Crippen LogP contribution in [0.3, 0.4) is 0 Å². The van der Waals surface area contributed by atoms with Gasteiger partial charge >= 0.3 is 0 Å². The van der Waals surface area contributed by atoms with E-state index in [1.165, 1.54) is 11.9 Å². The van der Waals surface area contributed by atoms with Crippen molar-refractivity contribution in [2.75, 3.05) is 24.4 Å². The smallest absolute Gasteiger partial charge is 0.274 e. The summed E-state index contributed by atoms with van der Waals surface area (Å²) in [5.74, 6) is -0.294. The fraction of sp³-hybridized carbons (Fsp3) is 0.444. The summed E-state index contributed by atoms with van der Waals surface area (Å²) in [5.41, 5.74) is 7.07. The van der Waals surface area contributed by atoms with Crippen molar-refractivity contribution in [3.63, 3.8) is 0 Å². The number of aryl methyl sites for hydroxylation is 3. The van der Waals surface area contributed by atoms with Crippen molar-refractivity contribution in [3.8, 4) is 5.69 Å². The van der Waals surface area contributed by atoms with Crippen LogP contribution in [0.2, 0.25) is 0 Å². The van der Waals surface area contributed by atoms with Crippen LogP contribution in [0.25, 0.3) is 5.69 Å². The first kappa shape index (κ1) is 34.3. The van der Waals surface area contributed by atoms with Crippen molar-refractivity contribution >= 4 is 29.4 Å². The van der Waals surface area contributed by atoms with Crippen molar-refractivity contribution < 1.29 is 14.7 Å². The molecule has 1 atom stereocenters. The number of unbranched alkanes of at least 4 members (excludes halogenated alkanes) is 2. The molecule has 4 aromatic rings. The number of anilines is 1. The lowest BCUT2D eigenvalue weighted by Crippen LogP contribution is -2.46. The number of carbonyl (C=O) groups is 2. The van der Waals surface area contributed by atoms with Crippen molar-refractivity contribution in [3.05, 3.63) is 88.0 Å². The van der Waals surface area contributed by atoms with Gasteiger partial charge in [0, 0.05) is 38.1 Å². The van der Waals surface area contributed by atoms with E-state index in [1.807, 2.05) is 79.9 Å². The predicted octanol–water partition coefficient (Wildman–Crippen LogP) is 6.25. The zero-order valence-corrected chi connectivity index (χ0v) is 29.2. The van der Waals surface area contributed by atoms with Crippen molar-refractivity contribution in [2.24, 2.45) is 7.05 Å². The van der Waals surface area contributed by atoms with Gasteiger partial charge in [-0.2, -0.15) is 10.2 Å². The van der Waals surface area contributed by atoms with Gasteiger partial charge in [-0.05, 0) is 87.4 Å². The van der Waals surface area contributed by atoms with Crippen LogP contribution in [0.4, 0.5) is 5.69 Å². The van der Waals surface area contributed by atoms with Gasteiger partial charge in [-0.1, -0.05) is 51.0 Å². The lowest BCUT2D eigenvalue weighted by molar-refractivity contribution is 0.0544. The van der Waals surface area contributed by atoms with E-state index in [-0.39, 0.29) is 24.5 Å². The van der Waals surface area contributed by atoms with E-state index in [4.69, 9.17) is 5.10 Å². The molecule has 5 rings (SSSR count). The third-order valence-corrected chi connectivity index (χ3v) is 10.1. The van der Waals surface area contributed by atoms with Gasteiger partial charge in [0.25, 0.3) is 11.8 Å². The molecule has 0 bridgehead atoms. The monoisotopic (exact) mass is 657 g/mol. The Balaban J connectivity index is 1.53. The molecule has 11 heteroatoms. The van der Waals surface area contributed by atoms with Gasteiger partial charge in [-0.15, -0.1) is 0 Å². The Labute approximate surface area is 282 Å². The molecule has 3 heterocycles. The van der Waals surface area contributed by atoms with Crippen LogP contribution < -0.4 is 4.72 Å². The van der Waals surface area contributed by atoms with Gasteiger partial charge in [0.1, 0.15) is 0 Å². The van der Waals surface area contributed by atoms with E-state index in [9.17, 15) is 14.7 Å². The molecule has 1 unspecified atom stereocenters. The normalized spacial score (nSPS) is 14.3. The van der Waals surface area contributed by atoms with E-state index in [0.29, 0.717) is 43.0 Å². The molecule has 250 valence electrons. The summed E-state index contributed by atoms with van der Waals surface area (Å²) in [6.45, 7) is 11.8. The Kier molecular flexibility index (Phi) is 11.1. The molecule has 0 saturated carbocycles. The minimum absolute atomic E-state index is 0.0912. The molecule has 2 aromatic heterocycles. The largest absolute Gasteiger partial charge is 0.394 e. The molecule has 0 radical (unpaired) electrons. The number of aliphatic hydroxyl groups excluding tert-OH is 1. The molecular formula is C36H47N7O3S. The van der Waals surface area contributed by atoms with E-state index >= 15 is 0 Å². The van der Waals surface area contributed by atoms with Gasteiger partial charge in [0.15, 0.2) is 5.69 Å². The number of benzene rings is 2. The number of rotatable bonds is 13. The zero-order valence-electron chi connectivity index (χ0n) is 28.4. The Morgan fingerprint density at radius 2 is 1.70 bits per heavy atom. The second-order valence-electron chi connectivity index (χ2n) is 12.4. The van der Waals surface area contributed by atoms with Crippen LogP contribution in [-0.4, -0.2) is 72.0 Å². The number of hydrogen-bond acceptors (Lipinski definition) is 7. The average Bonchev–Trinajstić information content (AvgIpc) is 3.58. The maximum absolute atomic E-state index is 14.6. The second-order valence-corrected chi connectivity index (χ2v) is 13.2. The number of fused-ring (bicyclic) bond motifs is 1. The van der Waals surface area contributed by atoms with E-state index < -0.39 is 0 Å². The molecule has 10 nitrogen and oxygen atoms in total. The number of aromatic nitrogens is 4. The first-order valence-corrected chi connectivity index (χ1v) is 17.4. The molecule has 1 aliphatic rings. The summed E-state index contributed by atoms with van der Waals surface area (Å²) >= 11 is 1.46. The molecule has 1 aliphatic heterocycles. The number of amides is 2. The maximum atomic E-state index is 14.6. The topological polar surface area (TPSA) is 109 Å². The third-order valence-electron chi connectivity index (χ3n) is 8.95. The Hall–Kier alpha value is -4.09. The molecule has 47 heavy (non-hydrogen) atoms. The number of carbonyl (C=O) groups excluding carboxylic acids is 2. The van der Waals surface area contributed by atoms with E-state index in [0.717, 1.165) is 64.5 Å². The molecule has 0 aliphatic carbocycles. The molecule has 2 N–H and O–H groups in total. The minimum Gasteiger partial charge on any atom is -0.394 e. The van der Waals surface area contributed by atoms with E-state index in [2.05, 4.69) is 29.7 Å². The van der Waals surface area contributed by atoms with Crippen LogP contribution in [0.5, 0.6) is 0 Å². The predicted molar refractivity (Wildman–Crippen MR) is 187 cm³/mol. The Bertz CT molecular complexity index is 1720. The molecule has 2 amide bonds. The molecule has 0 fully saturated rings. The van der Waals surface area contributed by atoms with Crippen molar-refractivity contribution in [2.45, 2.75) is 84.2 Å². The Morgan fingerprint density at radius 1 is 1.00 bits per heavy atom. The lowest BCUT2D eigenvalue weighted by Gasteiger charge is -2.36. The van der Waals surface area contributed by atoms with Crippen LogP contribution in [-0.2, 0) is 20.0 Å². The van der Waals surface area contributed by atoms with Gasteiger partial charge in [0.05, 0.1) is 40.2 Å². The van der Waals surface area contributed by atoms with Crippen LogP contribution in [0.1, 0.15) is 88.6 Å². The number of nitrogens with one attached hydrogen (secondary N) is 1. The number of aliphatic hydroxyl groups is 1. The highest BCUT2D eigenvalue weighted by Gasteiger charge is 2.32. The highest BCUT2D eigenvalue weighted by molar-refractivity contribution is 8.00. The second kappa shape index (κ2) is 15.2. The summed E-state index contributed by atoms with van der Waals surface area (Å²) in [7, 11) is 1.92. The van der Waals surface area contributed by atoms with Gasteiger partial charge < -0.3 is 19.6 Å². The van der Waals surface area contributed by atoms with Crippen LogP contribution in [0, 0.1) is 20.8 Å². The highest BCUT2D eigenvalue weighted by Crippen LogP contribution is 2.32. The molecule has 0 spiro atoms. The first-order chi connectivity index (χ1) is 22.7. The molecular weight excluding hydrogens is 611 g/mol. The highest BCUT2D eigenvalue weighted by atomic mass is 32.2. The summed E-state index contributed by atoms with van der Waals surface area (Å²) in [5, 5.41) is 19.7. The summed E-state index contributed by atoms with van der Waals surface area (Å²) < 4.78 is 6.98. The quantitative estimate of drug-likeness (QED) is 0.164. The first-order valence-electron chi connectivity index (χ1n) is 16.6. The van der Waals surface area contributed by atoms with Crippen LogP contribution in [0.15, 0.2) is 53.4 Å². The van der Waals surface area contributed by atoms with E-state index in [1.54, 1.807) is 9.58 Å². The van der Waals surface area contributed by atoms with Crippen LogP contribution >= 0.6 is 11.9 Å². The lowest BCUT2D eigenvalue weighted by atomic mass is 9.93. The SMILES string of the molecule is CCCCN(CCCC)C(=O)c1cc(C)n(-c2ccc(NSc3c(C)nn(C)c3C)cc2C(=O)N2Cc3ccccc3CC2CO)n1. The fourth-order valence-electron chi connectivity index (χ4n) is 6.11. The van der Waals surface area contributed by atoms with Gasteiger partial charge in [-0.3, -0.25) is 14.3 Å². The van der Waals surface area contributed by atoms with Crippen molar-refractivity contribution in [1.82, 2.24) is 29.4 Å². The zero-order chi connectivity index (χ0) is 33.7. The number of hydrogen-bond donors (Lipinski definition) is 2. The van der Waals surface area contributed by atoms with Crippen molar-refractivity contribution in [1.29, 1.82) is 0 Å². The summed E-state index contributed by atoms with van der Waals surface area (Å²) in [6, 6.07) is 15.2. The minimum atomic E-state index is -0.363. The van der Waals surface area contributed by atoms with Gasteiger partial charge in [-0.25, -0.2) is 4.68 Å². The summed E-state index contributed by atoms with van der Waals surface area (Å²) in [6.07, 6.45) is 4.45. The summed E-state index contributed by atoms with van der Waals surface area (Å²) in [4.78, 5) is 32.9. The molecule has 2 aromatic carbocycles.